The van der Waals surface area contributed by atoms with Crippen molar-refractivity contribution in [3.05, 3.63) is 95.6 Å². The minimum absolute atomic E-state index is 0.133. The second-order valence-corrected chi connectivity index (χ2v) is 13.6. The molecule has 11 heteroatoms. The lowest BCUT2D eigenvalue weighted by Crippen LogP contribution is -2.43. The van der Waals surface area contributed by atoms with E-state index in [0.29, 0.717) is 19.8 Å². The van der Waals surface area contributed by atoms with E-state index >= 15 is 0 Å². The van der Waals surface area contributed by atoms with Gasteiger partial charge in [-0.05, 0) is 68.7 Å². The zero-order chi connectivity index (χ0) is 35.2. The van der Waals surface area contributed by atoms with Crippen LogP contribution in [-0.2, 0) is 33.6 Å². The summed E-state index contributed by atoms with van der Waals surface area (Å²) in [5.41, 5.74) is 1.75. The van der Waals surface area contributed by atoms with Gasteiger partial charge in [0.15, 0.2) is 0 Å². The Kier molecular flexibility index (Phi) is 15.3. The van der Waals surface area contributed by atoms with Gasteiger partial charge in [-0.3, -0.25) is 0 Å². The van der Waals surface area contributed by atoms with Crippen molar-refractivity contribution in [3.8, 4) is 17.6 Å². The first-order valence-corrected chi connectivity index (χ1v) is 17.9. The summed E-state index contributed by atoms with van der Waals surface area (Å²) in [5.74, 6) is 1.49. The van der Waals surface area contributed by atoms with E-state index in [1.165, 1.54) is 0 Å². The van der Waals surface area contributed by atoms with Crippen LogP contribution in [0.25, 0.3) is 0 Å². The molecule has 49 heavy (non-hydrogen) atoms. The highest BCUT2D eigenvalue weighted by Crippen LogP contribution is 2.49. The zero-order valence-corrected chi connectivity index (χ0v) is 30.6. The second-order valence-electron chi connectivity index (χ2n) is 12.2. The van der Waals surface area contributed by atoms with Crippen molar-refractivity contribution in [1.29, 1.82) is 5.26 Å². The third-order valence-electron chi connectivity index (χ3n) is 8.34. The number of ether oxygens (including phenoxy) is 6. The minimum atomic E-state index is -1.57. The number of hydrogen-bond donors (Lipinski definition) is 0. The van der Waals surface area contributed by atoms with Crippen molar-refractivity contribution in [2.24, 2.45) is 0 Å². The van der Waals surface area contributed by atoms with E-state index in [4.69, 9.17) is 37.5 Å². The third-order valence-corrected chi connectivity index (χ3v) is 10.5. The van der Waals surface area contributed by atoms with Crippen LogP contribution in [0.5, 0.6) is 11.5 Å². The van der Waals surface area contributed by atoms with Gasteiger partial charge in [-0.2, -0.15) is 5.26 Å². The molecule has 0 bridgehead atoms. The molecule has 1 aliphatic heterocycles. The van der Waals surface area contributed by atoms with Crippen LogP contribution < -0.4 is 9.47 Å². The summed E-state index contributed by atoms with van der Waals surface area (Å²) in [4.78, 5) is 0. The van der Waals surface area contributed by atoms with Gasteiger partial charge >= 0.3 is 0 Å². The van der Waals surface area contributed by atoms with Crippen LogP contribution >= 0.6 is 8.53 Å². The van der Waals surface area contributed by atoms with Crippen LogP contribution in [0.4, 0.5) is 0 Å². The van der Waals surface area contributed by atoms with Crippen molar-refractivity contribution < 1.29 is 37.5 Å². The van der Waals surface area contributed by atoms with E-state index in [9.17, 15) is 5.26 Å². The van der Waals surface area contributed by atoms with Crippen LogP contribution in [0, 0.1) is 11.3 Å². The Hall–Kier alpha value is -3.10. The van der Waals surface area contributed by atoms with Gasteiger partial charge in [-0.15, -0.1) is 0 Å². The highest BCUT2D eigenvalue weighted by molar-refractivity contribution is 7.44. The Morgan fingerprint density at radius 3 is 1.90 bits per heavy atom. The molecule has 0 radical (unpaired) electrons. The maximum Gasteiger partial charge on any atom is 0.259 e. The van der Waals surface area contributed by atoms with Crippen LogP contribution in [0.15, 0.2) is 78.9 Å². The molecule has 0 N–H and O–H groups in total. The lowest BCUT2D eigenvalue weighted by atomic mass is 9.80. The lowest BCUT2D eigenvalue weighted by Gasteiger charge is -2.39. The molecule has 1 aliphatic rings. The largest absolute Gasteiger partial charge is 0.497 e. The summed E-state index contributed by atoms with van der Waals surface area (Å²) in [7, 11) is 3.38. The quantitative estimate of drug-likeness (QED) is 0.0692. The third kappa shape index (κ3) is 9.78. The number of nitriles is 1. The van der Waals surface area contributed by atoms with Gasteiger partial charge in [0.25, 0.3) is 8.53 Å². The molecule has 0 amide bonds. The average molecular weight is 695 g/mol. The topological polar surface area (TPSA) is 101 Å². The summed E-state index contributed by atoms with van der Waals surface area (Å²) in [6.07, 6.45) is -1.15. The minimum Gasteiger partial charge on any atom is -0.497 e. The van der Waals surface area contributed by atoms with Crippen molar-refractivity contribution >= 4 is 8.53 Å². The normalized spacial score (nSPS) is 18.6. The fraction of sp³-hybridized carbons (Fsp3) is 0.500. The smallest absolute Gasteiger partial charge is 0.259 e. The van der Waals surface area contributed by atoms with Crippen molar-refractivity contribution in [1.82, 2.24) is 4.67 Å². The molecule has 3 unspecified atom stereocenters. The van der Waals surface area contributed by atoms with E-state index < -0.39 is 26.3 Å². The van der Waals surface area contributed by atoms with E-state index in [0.717, 1.165) is 28.2 Å². The van der Waals surface area contributed by atoms with Crippen LogP contribution in [-0.4, -0.2) is 89.4 Å². The predicted octanol–water partition coefficient (Wildman–Crippen LogP) is 7.10. The molecule has 4 atom stereocenters. The zero-order valence-electron chi connectivity index (χ0n) is 29.7. The number of rotatable bonds is 20. The molecule has 1 fully saturated rings. The summed E-state index contributed by atoms with van der Waals surface area (Å²) < 4.78 is 51.6. The first-order chi connectivity index (χ1) is 23.8. The summed E-state index contributed by atoms with van der Waals surface area (Å²) in [6.45, 7) is 10.0. The number of nitrogens with zero attached hydrogens (tertiary/aromatic N) is 2. The monoisotopic (exact) mass is 694 g/mol. The van der Waals surface area contributed by atoms with Gasteiger partial charge in [0.2, 0.25) is 0 Å². The van der Waals surface area contributed by atoms with E-state index in [-0.39, 0.29) is 37.8 Å². The summed E-state index contributed by atoms with van der Waals surface area (Å²) in [5, 5.41) is 9.25. The molecule has 266 valence electrons. The van der Waals surface area contributed by atoms with Crippen LogP contribution in [0.3, 0.4) is 0 Å². The number of methoxy groups -OCH3 is 3. The van der Waals surface area contributed by atoms with Gasteiger partial charge in [0, 0.05) is 19.2 Å². The van der Waals surface area contributed by atoms with Gasteiger partial charge in [-0.1, -0.05) is 54.6 Å². The van der Waals surface area contributed by atoms with Gasteiger partial charge in [0.1, 0.15) is 35.4 Å². The van der Waals surface area contributed by atoms with Gasteiger partial charge in [0.05, 0.1) is 59.7 Å². The molecular formula is C38H51N2O8P. The molecule has 0 spiro atoms. The van der Waals surface area contributed by atoms with E-state index in [2.05, 4.69) is 50.6 Å². The molecule has 3 aromatic carbocycles. The van der Waals surface area contributed by atoms with E-state index in [1.807, 2.05) is 66.7 Å². The molecule has 1 heterocycles. The van der Waals surface area contributed by atoms with Gasteiger partial charge in [-0.25, -0.2) is 4.67 Å². The highest BCUT2D eigenvalue weighted by Gasteiger charge is 2.46. The second kappa shape index (κ2) is 19.3. The Morgan fingerprint density at radius 2 is 1.39 bits per heavy atom. The molecular weight excluding hydrogens is 643 g/mol. The first-order valence-electron chi connectivity index (χ1n) is 16.7. The molecule has 0 saturated carbocycles. The highest BCUT2D eigenvalue weighted by atomic mass is 31.2. The van der Waals surface area contributed by atoms with E-state index in [1.54, 1.807) is 21.3 Å². The van der Waals surface area contributed by atoms with Gasteiger partial charge < -0.3 is 37.5 Å². The number of hydrogen-bond acceptors (Lipinski definition) is 10. The maximum atomic E-state index is 9.25. The molecule has 0 aliphatic carbocycles. The molecule has 4 rings (SSSR count). The summed E-state index contributed by atoms with van der Waals surface area (Å²) in [6, 6.07) is 28.5. The summed E-state index contributed by atoms with van der Waals surface area (Å²) >= 11 is 0. The Morgan fingerprint density at radius 1 is 0.816 bits per heavy atom. The SMILES string of the molecule is COCCOC1CO[C@H](COC(c2ccccc2)(c2ccc(OC)cc2)c2ccc(OC)cc2)C1OP(OCCC#N)N(C(C)C)C(C)C. The fourth-order valence-electron chi connectivity index (χ4n) is 6.03. The maximum absolute atomic E-state index is 9.25. The Labute approximate surface area is 293 Å². The fourth-order valence-corrected chi connectivity index (χ4v) is 7.82. The average Bonchev–Trinajstić information content (AvgIpc) is 3.50. The van der Waals surface area contributed by atoms with Crippen LogP contribution in [0.2, 0.25) is 0 Å². The molecule has 3 aromatic rings. The lowest BCUT2D eigenvalue weighted by molar-refractivity contribution is -0.0730. The van der Waals surface area contributed by atoms with Crippen molar-refractivity contribution in [3.63, 3.8) is 0 Å². The standard InChI is InChI=1S/C38H51N2O8P/c1-28(2)40(29(3)4)49(47-23-11-22-39)48-37-35(44-25-24-41-5)26-45-36(37)27-46-38(30-12-9-8-10-13-30,31-14-18-33(42-6)19-15-31)32-16-20-34(43-7)21-17-32/h8-10,12-21,28-29,35-37H,11,23-27H2,1-7H3/t35?,36-,37?,49?/m1/s1. The van der Waals surface area contributed by atoms with Crippen LogP contribution in [0.1, 0.15) is 50.8 Å². The van der Waals surface area contributed by atoms with Crippen molar-refractivity contribution in [2.45, 2.75) is 70.1 Å². The molecule has 0 aromatic heterocycles. The molecule has 10 nitrogen and oxygen atoms in total. The Balaban J connectivity index is 1.76. The Bertz CT molecular complexity index is 1360. The molecule has 1 saturated heterocycles. The number of benzene rings is 3. The predicted molar refractivity (Wildman–Crippen MR) is 190 cm³/mol. The first kappa shape index (κ1) is 38.7. The van der Waals surface area contributed by atoms with Crippen molar-refractivity contribution in [2.75, 3.05) is 54.4 Å².